The molecular formula is C25H28N6O2. The number of benzene rings is 1. The van der Waals surface area contributed by atoms with E-state index in [1.165, 1.54) is 0 Å². The molecule has 1 aromatic carbocycles. The van der Waals surface area contributed by atoms with E-state index in [4.69, 9.17) is 4.98 Å². The molecule has 8 nitrogen and oxygen atoms in total. The number of rotatable bonds is 8. The highest BCUT2D eigenvalue weighted by Gasteiger charge is 2.18. The Labute approximate surface area is 191 Å². The van der Waals surface area contributed by atoms with Crippen LogP contribution in [0.15, 0.2) is 71.7 Å². The number of aromatic amines is 2. The van der Waals surface area contributed by atoms with Gasteiger partial charge in [0.2, 0.25) is 0 Å². The van der Waals surface area contributed by atoms with Gasteiger partial charge < -0.3 is 25.0 Å². The number of fused-ring (bicyclic) bond motifs is 1. The van der Waals surface area contributed by atoms with E-state index in [2.05, 4.69) is 20.3 Å². The molecule has 1 atom stereocenters. The van der Waals surface area contributed by atoms with Gasteiger partial charge in [0.25, 0.3) is 5.56 Å². The summed E-state index contributed by atoms with van der Waals surface area (Å²) in [6, 6.07) is 5.56. The molecule has 0 fully saturated rings. The molecule has 0 saturated carbocycles. The molecular weight excluding hydrogens is 416 g/mol. The van der Waals surface area contributed by atoms with Crippen molar-refractivity contribution in [2.24, 2.45) is 0 Å². The molecule has 3 aromatic heterocycles. The smallest absolute Gasteiger partial charge is 0.261 e. The quantitative estimate of drug-likeness (QED) is 0.306. The van der Waals surface area contributed by atoms with E-state index >= 15 is 0 Å². The predicted molar refractivity (Wildman–Crippen MR) is 132 cm³/mol. The van der Waals surface area contributed by atoms with Gasteiger partial charge in [-0.2, -0.15) is 0 Å². The number of nitrogens with zero attached hydrogens (tertiary/aromatic N) is 3. The highest BCUT2D eigenvalue weighted by Crippen LogP contribution is 2.28. The van der Waals surface area contributed by atoms with Crippen LogP contribution in [0.5, 0.6) is 0 Å². The van der Waals surface area contributed by atoms with Gasteiger partial charge in [0.05, 0.1) is 35.7 Å². The lowest BCUT2D eigenvalue weighted by Gasteiger charge is -2.19. The first-order chi connectivity index (χ1) is 16.0. The molecule has 170 valence electrons. The van der Waals surface area contributed by atoms with Crippen LogP contribution in [0.4, 0.5) is 5.69 Å². The number of hydrogen-bond donors (Lipinski definition) is 4. The lowest BCUT2D eigenvalue weighted by atomic mass is 10.1. The number of H-pyrrole nitrogens is 2. The maximum absolute atomic E-state index is 12.8. The Morgan fingerprint density at radius 3 is 2.94 bits per heavy atom. The van der Waals surface area contributed by atoms with Crippen LogP contribution in [0, 0.1) is 6.92 Å². The lowest BCUT2D eigenvalue weighted by Crippen LogP contribution is -2.26. The zero-order valence-electron chi connectivity index (χ0n) is 19.0. The predicted octanol–water partition coefficient (Wildman–Crippen LogP) is 4.10. The lowest BCUT2D eigenvalue weighted by molar-refractivity contribution is 0.273. The van der Waals surface area contributed by atoms with Crippen molar-refractivity contribution in [1.82, 2.24) is 24.5 Å². The summed E-state index contributed by atoms with van der Waals surface area (Å²) in [6.07, 6.45) is 13.5. The number of hydrogen-bond acceptors (Lipinski definition) is 5. The summed E-state index contributed by atoms with van der Waals surface area (Å²) in [5.41, 5.74) is 5.45. The minimum absolute atomic E-state index is 0.0687. The van der Waals surface area contributed by atoms with Crippen LogP contribution in [-0.2, 0) is 0 Å². The van der Waals surface area contributed by atoms with Crippen molar-refractivity contribution in [1.29, 1.82) is 0 Å². The minimum Gasteiger partial charge on any atom is -0.394 e. The number of nitrogens with one attached hydrogen (secondary N) is 3. The third-order valence-electron chi connectivity index (χ3n) is 5.48. The van der Waals surface area contributed by atoms with E-state index in [-0.39, 0.29) is 18.2 Å². The van der Waals surface area contributed by atoms with Gasteiger partial charge in [-0.25, -0.2) is 9.97 Å². The van der Waals surface area contributed by atoms with Gasteiger partial charge in [0, 0.05) is 24.3 Å². The Kier molecular flexibility index (Phi) is 6.55. The minimum atomic E-state index is -0.260. The molecule has 0 aliphatic carbocycles. The van der Waals surface area contributed by atoms with E-state index in [0.29, 0.717) is 23.5 Å². The summed E-state index contributed by atoms with van der Waals surface area (Å²) < 4.78 is 1.92. The average Bonchev–Trinajstić information content (AvgIpc) is 3.47. The number of aliphatic hydroxyl groups is 1. The molecule has 3 heterocycles. The van der Waals surface area contributed by atoms with Gasteiger partial charge in [-0.15, -0.1) is 0 Å². The van der Waals surface area contributed by atoms with Crippen LogP contribution < -0.4 is 10.9 Å². The first-order valence-corrected chi connectivity index (χ1v) is 10.9. The number of aromatic nitrogens is 5. The maximum Gasteiger partial charge on any atom is 0.261 e. The summed E-state index contributed by atoms with van der Waals surface area (Å²) in [4.78, 5) is 27.7. The van der Waals surface area contributed by atoms with Crippen molar-refractivity contribution in [3.63, 3.8) is 0 Å². The zero-order valence-corrected chi connectivity index (χ0v) is 19.0. The highest BCUT2D eigenvalue weighted by atomic mass is 16.3. The number of allylic oxidation sites excluding steroid dienone is 3. The number of anilines is 1. The van der Waals surface area contributed by atoms with Crippen molar-refractivity contribution < 1.29 is 5.11 Å². The number of imidazole rings is 2. The van der Waals surface area contributed by atoms with E-state index in [1.807, 2.05) is 61.9 Å². The number of pyridine rings is 1. The summed E-state index contributed by atoms with van der Waals surface area (Å²) >= 11 is 0. The molecule has 0 radical (unpaired) electrons. The van der Waals surface area contributed by atoms with Gasteiger partial charge >= 0.3 is 0 Å². The Hall–Kier alpha value is -3.91. The van der Waals surface area contributed by atoms with Gasteiger partial charge in [0.1, 0.15) is 11.4 Å². The number of aryl methyl sites for hydroxylation is 1. The van der Waals surface area contributed by atoms with Gasteiger partial charge in [-0.1, -0.05) is 23.8 Å². The molecule has 4 N–H and O–H groups in total. The number of aliphatic hydroxyl groups excluding tert-OH is 1. The van der Waals surface area contributed by atoms with Crippen molar-refractivity contribution in [3.05, 3.63) is 82.8 Å². The van der Waals surface area contributed by atoms with Crippen LogP contribution in [0.25, 0.3) is 28.1 Å². The molecule has 4 rings (SSSR count). The van der Waals surface area contributed by atoms with Gasteiger partial charge in [0.15, 0.2) is 0 Å². The second-order valence-corrected chi connectivity index (χ2v) is 8.08. The molecule has 4 aromatic rings. The van der Waals surface area contributed by atoms with E-state index < -0.39 is 0 Å². The fourth-order valence-corrected chi connectivity index (χ4v) is 3.88. The second-order valence-electron chi connectivity index (χ2n) is 8.08. The third-order valence-corrected chi connectivity index (χ3v) is 5.48. The molecule has 0 aliphatic heterocycles. The van der Waals surface area contributed by atoms with Crippen LogP contribution in [0.3, 0.4) is 0 Å². The summed E-state index contributed by atoms with van der Waals surface area (Å²) in [5.74, 6) is 0.470. The normalized spacial score (nSPS) is 13.2. The summed E-state index contributed by atoms with van der Waals surface area (Å²) in [5, 5.41) is 13.3. The van der Waals surface area contributed by atoms with Crippen molar-refractivity contribution in [2.45, 2.75) is 33.2 Å². The molecule has 33 heavy (non-hydrogen) atoms. The second kappa shape index (κ2) is 9.70. The Morgan fingerprint density at radius 2 is 2.21 bits per heavy atom. The van der Waals surface area contributed by atoms with E-state index in [0.717, 1.165) is 27.9 Å². The fraction of sp³-hybridized carbons (Fsp3) is 0.240. The maximum atomic E-state index is 12.8. The first-order valence-electron chi connectivity index (χ1n) is 10.9. The summed E-state index contributed by atoms with van der Waals surface area (Å²) in [6.45, 7) is 5.90. The monoisotopic (exact) mass is 444 g/mol. The molecule has 0 aliphatic rings. The van der Waals surface area contributed by atoms with E-state index in [1.54, 1.807) is 24.8 Å². The largest absolute Gasteiger partial charge is 0.394 e. The highest BCUT2D eigenvalue weighted by molar-refractivity contribution is 5.86. The summed E-state index contributed by atoms with van der Waals surface area (Å²) in [7, 11) is 0. The zero-order chi connectivity index (χ0) is 23.4. The van der Waals surface area contributed by atoms with Crippen LogP contribution in [0.2, 0.25) is 0 Å². The molecule has 0 bridgehead atoms. The standard InChI is InChI=1S/C25H28N6O2/c1-4-5-6-16(2)11-18(14-32)28-20-7-8-27-25(33)22(20)24-29-21-13-19(31-10-9-26-15-31)12-17(3)23(21)30-24/h4-10,12-13,15,18,32H,11,14H2,1-3H3,(H,29,30)(H2,27,28,33)/b5-4-,16-6+/t18-/m0/s1. The average molecular weight is 445 g/mol. The molecule has 0 spiro atoms. The molecule has 0 amide bonds. The fourth-order valence-electron chi connectivity index (χ4n) is 3.88. The van der Waals surface area contributed by atoms with Crippen LogP contribution in [-0.4, -0.2) is 42.3 Å². The SMILES string of the molecule is C/C=C\C=C(/C)C[C@@H](CO)Nc1cc[nH]c(=O)c1-c1nc2c(C)cc(-n3ccnc3)cc2[nH]1. The molecule has 0 unspecified atom stereocenters. The van der Waals surface area contributed by atoms with Crippen molar-refractivity contribution in [2.75, 3.05) is 11.9 Å². The topological polar surface area (TPSA) is 112 Å². The van der Waals surface area contributed by atoms with Gasteiger partial charge in [-0.05, 0) is 51.0 Å². The van der Waals surface area contributed by atoms with E-state index in [9.17, 15) is 9.90 Å². The Bertz CT molecular complexity index is 1360. The van der Waals surface area contributed by atoms with Crippen LogP contribution in [0.1, 0.15) is 25.8 Å². The molecule has 8 heteroatoms. The molecule has 0 saturated heterocycles. The first kappa shape index (κ1) is 22.3. The van der Waals surface area contributed by atoms with Crippen molar-refractivity contribution in [3.8, 4) is 17.1 Å². The van der Waals surface area contributed by atoms with Crippen molar-refractivity contribution >= 4 is 16.7 Å². The van der Waals surface area contributed by atoms with Crippen LogP contribution >= 0.6 is 0 Å². The Morgan fingerprint density at radius 1 is 1.36 bits per heavy atom. The Balaban J connectivity index is 1.72. The van der Waals surface area contributed by atoms with Gasteiger partial charge in [-0.3, -0.25) is 4.79 Å². The third kappa shape index (κ3) is 4.80.